The van der Waals surface area contributed by atoms with Gasteiger partial charge >= 0.3 is 0 Å². The minimum Gasteiger partial charge on any atom is -0.325 e. The highest BCUT2D eigenvalue weighted by atomic mass is 32.2. The highest BCUT2D eigenvalue weighted by Gasteiger charge is 2.33. The number of benzene rings is 2. The van der Waals surface area contributed by atoms with Crippen molar-refractivity contribution in [1.82, 2.24) is 13.9 Å². The third kappa shape index (κ3) is 3.33. The standard InChI is InChI=1S/C21H24FN3O2S/c1-15(2)25-20-11-4-3-10-19(20)23-21(25)16-7-6-12-24(14-16)28(26,27)18-9-5-8-17(22)13-18/h3-5,8-11,13,15-16H,6-7,12,14H2,1-2H3. The number of hydrogen-bond acceptors (Lipinski definition) is 3. The van der Waals surface area contributed by atoms with E-state index >= 15 is 0 Å². The Hall–Kier alpha value is -2.25. The van der Waals surface area contributed by atoms with Crippen LogP contribution in [0.1, 0.15) is 44.5 Å². The lowest BCUT2D eigenvalue weighted by atomic mass is 9.98. The molecule has 0 spiro atoms. The normalized spacial score (nSPS) is 18.8. The van der Waals surface area contributed by atoms with Gasteiger partial charge in [0.25, 0.3) is 0 Å². The Kier molecular flexibility index (Phi) is 4.97. The zero-order valence-corrected chi connectivity index (χ0v) is 16.9. The first-order chi connectivity index (χ1) is 13.4. The number of hydrogen-bond donors (Lipinski definition) is 0. The summed E-state index contributed by atoms with van der Waals surface area (Å²) in [4.78, 5) is 4.85. The SMILES string of the molecule is CC(C)n1c(C2CCCN(S(=O)(=O)c3cccc(F)c3)C2)nc2ccccc21. The van der Waals surface area contributed by atoms with Crippen LogP contribution in [0.4, 0.5) is 4.39 Å². The van der Waals surface area contributed by atoms with Gasteiger partial charge in [0, 0.05) is 25.0 Å². The smallest absolute Gasteiger partial charge is 0.243 e. The van der Waals surface area contributed by atoms with Crippen LogP contribution in [0.2, 0.25) is 0 Å². The Morgan fingerprint density at radius 1 is 1.14 bits per heavy atom. The van der Waals surface area contributed by atoms with Gasteiger partial charge in [0.2, 0.25) is 10.0 Å². The third-order valence-corrected chi connectivity index (χ3v) is 7.18. The van der Waals surface area contributed by atoms with Gasteiger partial charge in [0.05, 0.1) is 15.9 Å². The maximum Gasteiger partial charge on any atom is 0.243 e. The van der Waals surface area contributed by atoms with E-state index in [9.17, 15) is 12.8 Å². The minimum absolute atomic E-state index is 0.00510. The van der Waals surface area contributed by atoms with Gasteiger partial charge in [-0.25, -0.2) is 17.8 Å². The molecule has 1 atom stereocenters. The fraction of sp³-hybridized carbons (Fsp3) is 0.381. The van der Waals surface area contributed by atoms with Gasteiger partial charge in [0.15, 0.2) is 0 Å². The van der Waals surface area contributed by atoms with Crippen LogP contribution in [-0.4, -0.2) is 35.4 Å². The number of sulfonamides is 1. The molecule has 0 aliphatic carbocycles. The number of nitrogens with zero attached hydrogens (tertiary/aromatic N) is 3. The van der Waals surface area contributed by atoms with Gasteiger partial charge < -0.3 is 4.57 Å². The molecule has 4 rings (SSSR count). The van der Waals surface area contributed by atoms with E-state index in [1.54, 1.807) is 0 Å². The van der Waals surface area contributed by atoms with Crippen molar-refractivity contribution in [3.63, 3.8) is 0 Å². The molecular weight excluding hydrogens is 377 g/mol. The molecule has 1 fully saturated rings. The lowest BCUT2D eigenvalue weighted by Gasteiger charge is -2.32. The molecule has 5 nitrogen and oxygen atoms in total. The van der Waals surface area contributed by atoms with Crippen LogP contribution in [0, 0.1) is 5.82 Å². The average Bonchev–Trinajstić information content (AvgIpc) is 3.08. The van der Waals surface area contributed by atoms with Crippen LogP contribution in [0.3, 0.4) is 0 Å². The van der Waals surface area contributed by atoms with Crippen molar-refractivity contribution >= 4 is 21.1 Å². The van der Waals surface area contributed by atoms with Crippen LogP contribution in [0.25, 0.3) is 11.0 Å². The highest BCUT2D eigenvalue weighted by Crippen LogP contribution is 2.33. The van der Waals surface area contributed by atoms with Gasteiger partial charge in [-0.05, 0) is 57.0 Å². The van der Waals surface area contributed by atoms with E-state index in [0.717, 1.165) is 35.8 Å². The van der Waals surface area contributed by atoms with Crippen molar-refractivity contribution < 1.29 is 12.8 Å². The second-order valence-corrected chi connectivity index (χ2v) is 9.52. The summed E-state index contributed by atoms with van der Waals surface area (Å²) in [7, 11) is -3.73. The number of para-hydroxylation sites is 2. The number of fused-ring (bicyclic) bond motifs is 1. The minimum atomic E-state index is -3.73. The molecule has 0 radical (unpaired) electrons. The van der Waals surface area contributed by atoms with E-state index in [0.29, 0.717) is 13.1 Å². The van der Waals surface area contributed by atoms with E-state index < -0.39 is 15.8 Å². The first kappa shape index (κ1) is 19.1. The van der Waals surface area contributed by atoms with E-state index in [2.05, 4.69) is 24.5 Å². The number of piperidine rings is 1. The van der Waals surface area contributed by atoms with E-state index in [1.807, 2.05) is 18.2 Å². The van der Waals surface area contributed by atoms with Crippen LogP contribution in [0.5, 0.6) is 0 Å². The molecule has 2 aromatic carbocycles. The summed E-state index contributed by atoms with van der Waals surface area (Å²) < 4.78 is 43.3. The van der Waals surface area contributed by atoms with Crippen molar-refractivity contribution in [2.75, 3.05) is 13.1 Å². The molecule has 1 aliphatic rings. The second kappa shape index (κ2) is 7.29. The van der Waals surface area contributed by atoms with Crippen LogP contribution < -0.4 is 0 Å². The number of halogens is 1. The summed E-state index contributed by atoms with van der Waals surface area (Å²) in [5, 5.41) is 0. The molecule has 28 heavy (non-hydrogen) atoms. The number of aromatic nitrogens is 2. The van der Waals surface area contributed by atoms with Gasteiger partial charge in [-0.15, -0.1) is 0 Å². The monoisotopic (exact) mass is 401 g/mol. The maximum atomic E-state index is 13.6. The van der Waals surface area contributed by atoms with Crippen LogP contribution in [-0.2, 0) is 10.0 Å². The fourth-order valence-electron chi connectivity index (χ4n) is 4.04. The van der Waals surface area contributed by atoms with Gasteiger partial charge in [-0.2, -0.15) is 4.31 Å². The number of imidazole rings is 1. The fourth-order valence-corrected chi connectivity index (χ4v) is 5.60. The van der Waals surface area contributed by atoms with Gasteiger partial charge in [-0.1, -0.05) is 18.2 Å². The summed E-state index contributed by atoms with van der Waals surface area (Å²) >= 11 is 0. The molecule has 1 aliphatic heterocycles. The molecule has 7 heteroatoms. The predicted molar refractivity (Wildman–Crippen MR) is 107 cm³/mol. The number of rotatable bonds is 4. The Morgan fingerprint density at radius 2 is 1.93 bits per heavy atom. The van der Waals surface area contributed by atoms with E-state index in [1.165, 1.54) is 22.5 Å². The molecule has 3 aromatic rings. The van der Waals surface area contributed by atoms with Crippen LogP contribution in [0.15, 0.2) is 53.4 Å². The molecule has 1 saturated heterocycles. The first-order valence-electron chi connectivity index (χ1n) is 9.60. The highest BCUT2D eigenvalue weighted by molar-refractivity contribution is 7.89. The zero-order chi connectivity index (χ0) is 19.9. The van der Waals surface area contributed by atoms with Crippen molar-refractivity contribution in [2.24, 2.45) is 0 Å². The molecule has 0 N–H and O–H groups in total. The molecule has 0 saturated carbocycles. The summed E-state index contributed by atoms with van der Waals surface area (Å²) in [6.07, 6.45) is 1.63. The summed E-state index contributed by atoms with van der Waals surface area (Å²) in [6.45, 7) is 5.02. The molecule has 148 valence electrons. The van der Waals surface area contributed by atoms with Gasteiger partial charge in [0.1, 0.15) is 11.6 Å². The molecular formula is C21H24FN3O2S. The Bertz CT molecular complexity index is 1110. The van der Waals surface area contributed by atoms with E-state index in [-0.39, 0.29) is 16.9 Å². The largest absolute Gasteiger partial charge is 0.325 e. The summed E-state index contributed by atoms with van der Waals surface area (Å²) in [6, 6.07) is 13.4. The maximum absolute atomic E-state index is 13.6. The van der Waals surface area contributed by atoms with E-state index in [4.69, 9.17) is 4.98 Å². The molecule has 0 bridgehead atoms. The predicted octanol–water partition coefficient (Wildman–Crippen LogP) is 4.32. The van der Waals surface area contributed by atoms with Gasteiger partial charge in [-0.3, -0.25) is 0 Å². The Balaban J connectivity index is 1.70. The lowest BCUT2D eigenvalue weighted by Crippen LogP contribution is -2.39. The first-order valence-corrected chi connectivity index (χ1v) is 11.0. The van der Waals surface area contributed by atoms with Crippen molar-refractivity contribution in [3.05, 3.63) is 60.2 Å². The summed E-state index contributed by atoms with van der Waals surface area (Å²) in [5.74, 6) is 0.387. The Labute approximate surface area is 164 Å². The summed E-state index contributed by atoms with van der Waals surface area (Å²) in [5.41, 5.74) is 1.99. The topological polar surface area (TPSA) is 55.2 Å². The molecule has 2 heterocycles. The second-order valence-electron chi connectivity index (χ2n) is 7.58. The van der Waals surface area contributed by atoms with Crippen LogP contribution >= 0.6 is 0 Å². The molecule has 0 amide bonds. The van der Waals surface area contributed by atoms with Crippen molar-refractivity contribution in [3.8, 4) is 0 Å². The third-order valence-electron chi connectivity index (χ3n) is 5.32. The Morgan fingerprint density at radius 3 is 2.68 bits per heavy atom. The zero-order valence-electron chi connectivity index (χ0n) is 16.0. The lowest BCUT2D eigenvalue weighted by molar-refractivity contribution is 0.303. The molecule has 1 aromatic heterocycles. The quantitative estimate of drug-likeness (QED) is 0.654. The average molecular weight is 402 g/mol. The van der Waals surface area contributed by atoms with Crippen molar-refractivity contribution in [2.45, 2.75) is 43.5 Å². The van der Waals surface area contributed by atoms with Crippen molar-refractivity contribution in [1.29, 1.82) is 0 Å². The molecule has 1 unspecified atom stereocenters.